The Morgan fingerprint density at radius 2 is 1.83 bits per heavy atom. The van der Waals surface area contributed by atoms with E-state index in [0.29, 0.717) is 10.8 Å². The van der Waals surface area contributed by atoms with Crippen molar-refractivity contribution in [3.05, 3.63) is 53.1 Å². The van der Waals surface area contributed by atoms with Crippen molar-refractivity contribution in [2.24, 2.45) is 0 Å². The molecule has 0 aromatic heterocycles. The van der Waals surface area contributed by atoms with E-state index in [2.05, 4.69) is 10.1 Å². The molecule has 1 N–H and O–H groups in total. The van der Waals surface area contributed by atoms with E-state index in [1.807, 2.05) is 0 Å². The van der Waals surface area contributed by atoms with Gasteiger partial charge in [-0.3, -0.25) is 4.79 Å². The van der Waals surface area contributed by atoms with Gasteiger partial charge in [-0.15, -0.1) is 0 Å². The minimum absolute atomic E-state index is 0.115. The Bertz CT molecular complexity index is 725. The van der Waals surface area contributed by atoms with Gasteiger partial charge in [0.15, 0.2) is 6.10 Å². The molecule has 128 valence electrons. The number of aryl methyl sites for hydroxylation is 1. The summed E-state index contributed by atoms with van der Waals surface area (Å²) in [6, 6.07) is 11.0. The summed E-state index contributed by atoms with van der Waals surface area (Å²) >= 11 is 5.87. The summed E-state index contributed by atoms with van der Waals surface area (Å²) < 4.78 is 34.7. The van der Waals surface area contributed by atoms with Crippen molar-refractivity contribution in [2.45, 2.75) is 26.6 Å². The van der Waals surface area contributed by atoms with E-state index in [4.69, 9.17) is 16.3 Å². The monoisotopic (exact) mass is 355 g/mol. The second-order valence-electron chi connectivity index (χ2n) is 5.03. The van der Waals surface area contributed by atoms with Crippen LogP contribution in [-0.4, -0.2) is 18.6 Å². The molecule has 0 spiro atoms. The molecule has 2 aromatic carbocycles. The zero-order chi connectivity index (χ0) is 17.7. The van der Waals surface area contributed by atoms with Crippen LogP contribution in [0.4, 0.5) is 14.5 Å². The second-order valence-corrected chi connectivity index (χ2v) is 5.47. The van der Waals surface area contributed by atoms with Gasteiger partial charge in [-0.25, -0.2) is 0 Å². The van der Waals surface area contributed by atoms with Crippen LogP contribution in [0.3, 0.4) is 0 Å². The SMILES string of the molecule is Cc1cc(Cl)ccc1O[C@@H](C)C(=O)Nc1ccccc1OC(F)F. The van der Waals surface area contributed by atoms with Crippen molar-refractivity contribution < 1.29 is 23.0 Å². The lowest BCUT2D eigenvalue weighted by Crippen LogP contribution is -2.30. The van der Waals surface area contributed by atoms with E-state index in [9.17, 15) is 13.6 Å². The molecule has 0 heterocycles. The number of carbonyl (C=O) groups excluding carboxylic acids is 1. The molecular weight excluding hydrogens is 340 g/mol. The average Bonchev–Trinajstić information content (AvgIpc) is 2.51. The number of alkyl halides is 2. The molecule has 0 aliphatic rings. The van der Waals surface area contributed by atoms with E-state index in [0.717, 1.165) is 5.56 Å². The number of halogens is 3. The Balaban J connectivity index is 2.06. The summed E-state index contributed by atoms with van der Waals surface area (Å²) in [6.45, 7) is 0.380. The molecule has 1 amide bonds. The molecule has 0 radical (unpaired) electrons. The third kappa shape index (κ3) is 4.83. The van der Waals surface area contributed by atoms with Gasteiger partial charge >= 0.3 is 6.61 Å². The maximum atomic E-state index is 12.4. The lowest BCUT2D eigenvalue weighted by Gasteiger charge is -2.17. The van der Waals surface area contributed by atoms with Crippen molar-refractivity contribution >= 4 is 23.2 Å². The Morgan fingerprint density at radius 1 is 1.12 bits per heavy atom. The summed E-state index contributed by atoms with van der Waals surface area (Å²) in [4.78, 5) is 12.2. The first-order valence-electron chi connectivity index (χ1n) is 7.14. The van der Waals surface area contributed by atoms with Crippen molar-refractivity contribution in [3.8, 4) is 11.5 Å². The minimum Gasteiger partial charge on any atom is -0.481 e. The van der Waals surface area contributed by atoms with Gasteiger partial charge in [0.25, 0.3) is 5.91 Å². The third-order valence-electron chi connectivity index (χ3n) is 3.17. The number of para-hydroxylation sites is 2. The van der Waals surface area contributed by atoms with Gasteiger partial charge in [-0.1, -0.05) is 23.7 Å². The number of ether oxygens (including phenoxy) is 2. The number of rotatable bonds is 6. The molecule has 0 saturated heterocycles. The Morgan fingerprint density at radius 3 is 2.50 bits per heavy atom. The smallest absolute Gasteiger partial charge is 0.387 e. The maximum Gasteiger partial charge on any atom is 0.387 e. The van der Waals surface area contributed by atoms with Crippen LogP contribution in [0.1, 0.15) is 12.5 Å². The third-order valence-corrected chi connectivity index (χ3v) is 3.41. The standard InChI is InChI=1S/C17H16ClF2NO3/c1-10-9-12(18)7-8-14(10)23-11(2)16(22)21-13-5-3-4-6-15(13)24-17(19)20/h3-9,11,17H,1-2H3,(H,21,22)/t11-/m0/s1. The average molecular weight is 356 g/mol. The van der Waals surface area contributed by atoms with Crippen LogP contribution in [0, 0.1) is 6.92 Å². The van der Waals surface area contributed by atoms with Crippen LogP contribution in [0.25, 0.3) is 0 Å². The molecule has 0 saturated carbocycles. The van der Waals surface area contributed by atoms with Gasteiger partial charge in [0, 0.05) is 5.02 Å². The summed E-state index contributed by atoms with van der Waals surface area (Å²) in [7, 11) is 0. The highest BCUT2D eigenvalue weighted by Gasteiger charge is 2.18. The molecule has 0 fully saturated rings. The second kappa shape index (κ2) is 7.97. The highest BCUT2D eigenvalue weighted by atomic mass is 35.5. The summed E-state index contributed by atoms with van der Waals surface area (Å²) in [5, 5.41) is 3.08. The van der Waals surface area contributed by atoms with Crippen molar-refractivity contribution in [3.63, 3.8) is 0 Å². The molecule has 0 aliphatic carbocycles. The summed E-state index contributed by atoms with van der Waals surface area (Å²) in [5.41, 5.74) is 0.926. The highest BCUT2D eigenvalue weighted by Crippen LogP contribution is 2.26. The first kappa shape index (κ1) is 18.0. The number of anilines is 1. The van der Waals surface area contributed by atoms with Crippen LogP contribution in [-0.2, 0) is 4.79 Å². The maximum absolute atomic E-state index is 12.4. The predicted octanol–water partition coefficient (Wildman–Crippen LogP) is 4.66. The minimum atomic E-state index is -2.98. The highest BCUT2D eigenvalue weighted by molar-refractivity contribution is 6.30. The lowest BCUT2D eigenvalue weighted by atomic mass is 10.2. The summed E-state index contributed by atoms with van der Waals surface area (Å²) in [6.07, 6.45) is -0.843. The van der Waals surface area contributed by atoms with Gasteiger partial charge in [-0.2, -0.15) is 8.78 Å². The van der Waals surface area contributed by atoms with Crippen molar-refractivity contribution in [2.75, 3.05) is 5.32 Å². The van der Waals surface area contributed by atoms with Crippen LogP contribution in [0.5, 0.6) is 11.5 Å². The first-order chi connectivity index (χ1) is 11.4. The van der Waals surface area contributed by atoms with Crippen LogP contribution in [0.2, 0.25) is 5.02 Å². The van der Waals surface area contributed by atoms with Crippen LogP contribution < -0.4 is 14.8 Å². The van der Waals surface area contributed by atoms with Gasteiger partial charge in [0.2, 0.25) is 0 Å². The summed E-state index contributed by atoms with van der Waals surface area (Å²) in [5.74, 6) is -0.0930. The molecule has 0 unspecified atom stereocenters. The molecule has 0 aliphatic heterocycles. The normalized spacial score (nSPS) is 11.9. The van der Waals surface area contributed by atoms with Crippen LogP contribution >= 0.6 is 11.6 Å². The first-order valence-corrected chi connectivity index (χ1v) is 7.52. The van der Waals surface area contributed by atoms with Gasteiger partial charge < -0.3 is 14.8 Å². The van der Waals surface area contributed by atoms with Gasteiger partial charge in [0.1, 0.15) is 11.5 Å². The number of nitrogens with one attached hydrogen (secondary N) is 1. The van der Waals surface area contributed by atoms with E-state index in [-0.39, 0.29) is 11.4 Å². The van der Waals surface area contributed by atoms with Crippen molar-refractivity contribution in [1.82, 2.24) is 0 Å². The topological polar surface area (TPSA) is 47.6 Å². The number of carbonyl (C=O) groups is 1. The number of benzene rings is 2. The van der Waals surface area contributed by atoms with E-state index >= 15 is 0 Å². The van der Waals surface area contributed by atoms with Gasteiger partial charge in [0.05, 0.1) is 5.69 Å². The Hall–Kier alpha value is -2.34. The molecule has 2 aromatic rings. The number of hydrogen-bond acceptors (Lipinski definition) is 3. The Kier molecular flexibility index (Phi) is 5.98. The lowest BCUT2D eigenvalue weighted by molar-refractivity contribution is -0.122. The zero-order valence-corrected chi connectivity index (χ0v) is 13.8. The molecule has 24 heavy (non-hydrogen) atoms. The molecule has 4 nitrogen and oxygen atoms in total. The zero-order valence-electron chi connectivity index (χ0n) is 13.1. The fourth-order valence-corrected chi connectivity index (χ4v) is 2.22. The van der Waals surface area contributed by atoms with Crippen molar-refractivity contribution in [1.29, 1.82) is 0 Å². The van der Waals surface area contributed by atoms with E-state index in [1.165, 1.54) is 18.2 Å². The molecule has 1 atom stereocenters. The van der Waals surface area contributed by atoms with E-state index in [1.54, 1.807) is 38.1 Å². The predicted molar refractivity (Wildman–Crippen MR) is 88.0 cm³/mol. The van der Waals surface area contributed by atoms with E-state index < -0.39 is 18.6 Å². The molecule has 0 bridgehead atoms. The number of hydrogen-bond donors (Lipinski definition) is 1. The number of amides is 1. The molecule has 2 rings (SSSR count). The Labute approximate surface area is 143 Å². The molecule has 7 heteroatoms. The fraction of sp³-hybridized carbons (Fsp3) is 0.235. The fourth-order valence-electron chi connectivity index (χ4n) is 1.99. The van der Waals surface area contributed by atoms with Gasteiger partial charge in [-0.05, 0) is 49.7 Å². The quantitative estimate of drug-likeness (QED) is 0.820. The molecular formula is C17H16ClF2NO3. The largest absolute Gasteiger partial charge is 0.481 e. The van der Waals surface area contributed by atoms with Crippen LogP contribution in [0.15, 0.2) is 42.5 Å².